The van der Waals surface area contributed by atoms with E-state index in [-0.39, 0.29) is 27.3 Å². The fourth-order valence-corrected chi connectivity index (χ4v) is 6.07. The van der Waals surface area contributed by atoms with Crippen LogP contribution in [-0.2, 0) is 11.2 Å². The Morgan fingerprint density at radius 2 is 1.77 bits per heavy atom. The molecule has 0 spiro atoms. The van der Waals surface area contributed by atoms with Gasteiger partial charge in [0.2, 0.25) is 5.69 Å². The molecule has 0 radical (unpaired) electrons. The summed E-state index contributed by atoms with van der Waals surface area (Å²) in [4.78, 5) is 38.6. The van der Waals surface area contributed by atoms with Crippen molar-refractivity contribution in [1.29, 1.82) is 5.26 Å². The van der Waals surface area contributed by atoms with Crippen LogP contribution in [0.5, 0.6) is 0 Å². The molecule has 0 atom stereocenters. The van der Waals surface area contributed by atoms with Gasteiger partial charge in [0, 0.05) is 24.9 Å². The molecule has 11 nitrogen and oxygen atoms in total. The number of hydrogen-bond donors (Lipinski definition) is 1. The van der Waals surface area contributed by atoms with Gasteiger partial charge in [-0.25, -0.2) is 9.48 Å². The second-order valence-electron chi connectivity index (χ2n) is 7.84. The maximum Gasteiger partial charge on any atom is 0.349 e. The number of halogens is 2. The summed E-state index contributed by atoms with van der Waals surface area (Å²) in [5, 5.41) is 17.5. The van der Waals surface area contributed by atoms with Gasteiger partial charge in [0.25, 0.3) is 11.1 Å². The van der Waals surface area contributed by atoms with E-state index in [9.17, 15) is 18.9 Å². The minimum absolute atomic E-state index is 0.0950. The van der Waals surface area contributed by atoms with Crippen molar-refractivity contribution >= 4 is 45.4 Å². The summed E-state index contributed by atoms with van der Waals surface area (Å²) in [7, 11) is 0. The van der Waals surface area contributed by atoms with Crippen molar-refractivity contribution in [2.45, 2.75) is 18.9 Å². The van der Waals surface area contributed by atoms with E-state index in [2.05, 4.69) is 10.2 Å². The Morgan fingerprint density at radius 3 is 2.43 bits per heavy atom. The van der Waals surface area contributed by atoms with Crippen LogP contribution in [0.4, 0.5) is 0 Å². The molecule has 4 aromatic rings. The number of nitrogens with zero attached hydrogens (tertiary/aromatic N) is 6. The SMILES string of the molecule is N#Cc1nn(-c2cc(Cl)c(-n3ncc4c3ccc(=O)n4C3CC[S+]([O-])CC3)c(Cl)c2)c(=O)[nH]c1=O. The molecule has 178 valence electrons. The molecule has 0 amide bonds. The highest BCUT2D eigenvalue weighted by atomic mass is 35.5. The lowest BCUT2D eigenvalue weighted by Crippen LogP contribution is -2.33. The van der Waals surface area contributed by atoms with Crippen LogP contribution in [0.3, 0.4) is 0 Å². The van der Waals surface area contributed by atoms with Gasteiger partial charge in [0.1, 0.15) is 23.3 Å². The van der Waals surface area contributed by atoms with Crippen LogP contribution in [0, 0.1) is 11.3 Å². The summed E-state index contributed by atoms with van der Waals surface area (Å²) >= 11 is 12.2. The van der Waals surface area contributed by atoms with Crippen LogP contribution in [0.25, 0.3) is 22.4 Å². The molecule has 1 aliphatic heterocycles. The van der Waals surface area contributed by atoms with E-state index in [0.29, 0.717) is 41.1 Å². The number of rotatable bonds is 3. The third kappa shape index (κ3) is 4.06. The summed E-state index contributed by atoms with van der Waals surface area (Å²) in [5.74, 6) is 1.07. The number of H-pyrrole nitrogens is 1. The van der Waals surface area contributed by atoms with Gasteiger partial charge >= 0.3 is 5.69 Å². The van der Waals surface area contributed by atoms with Gasteiger partial charge in [-0.15, -0.1) is 5.10 Å². The molecule has 1 aliphatic rings. The van der Waals surface area contributed by atoms with E-state index in [1.807, 2.05) is 4.98 Å². The largest absolute Gasteiger partial charge is 0.616 e. The summed E-state index contributed by atoms with van der Waals surface area (Å²) in [6.45, 7) is 0. The molecule has 5 rings (SSSR count). The van der Waals surface area contributed by atoms with E-state index < -0.39 is 28.1 Å². The Morgan fingerprint density at radius 1 is 1.09 bits per heavy atom. The second kappa shape index (κ2) is 9.01. The van der Waals surface area contributed by atoms with E-state index in [4.69, 9.17) is 28.5 Å². The maximum absolute atomic E-state index is 12.7. The molecule has 35 heavy (non-hydrogen) atoms. The number of aromatic nitrogens is 6. The zero-order chi connectivity index (χ0) is 24.9. The van der Waals surface area contributed by atoms with Gasteiger partial charge in [-0.05, 0) is 18.2 Å². The van der Waals surface area contributed by atoms with Gasteiger partial charge in [-0.3, -0.25) is 14.6 Å². The first-order chi connectivity index (χ1) is 16.8. The number of pyridine rings is 1. The molecule has 4 heterocycles. The van der Waals surface area contributed by atoms with Crippen LogP contribution in [0.1, 0.15) is 24.6 Å². The molecular weight excluding hydrogens is 517 g/mol. The molecule has 1 saturated heterocycles. The molecule has 0 aliphatic carbocycles. The monoisotopic (exact) mass is 531 g/mol. The molecule has 1 fully saturated rings. The van der Waals surface area contributed by atoms with E-state index in [1.54, 1.807) is 22.9 Å². The van der Waals surface area contributed by atoms with Crippen molar-refractivity contribution in [2.75, 3.05) is 11.5 Å². The number of nitriles is 1. The van der Waals surface area contributed by atoms with Crippen LogP contribution in [0.2, 0.25) is 10.0 Å². The molecule has 0 saturated carbocycles. The molecular formula is C21H15Cl2N7O4S. The fourth-order valence-electron chi connectivity index (χ4n) is 4.16. The Hall–Kier alpha value is -3.37. The summed E-state index contributed by atoms with van der Waals surface area (Å²) < 4.78 is 15.7. The van der Waals surface area contributed by atoms with Crippen molar-refractivity contribution in [3.8, 4) is 17.4 Å². The predicted molar refractivity (Wildman–Crippen MR) is 130 cm³/mol. The standard InChI is InChI=1S/C21H15Cl2N7O4S/c22-13-7-12(29-21(33)26-20(32)15(9-24)27-29)8-14(23)19(13)30-16-1-2-18(31)28(17(16)10-25-30)11-3-5-35(34)6-4-11/h1-2,7-8,10-11H,3-6H2,(H,26,32,33). The summed E-state index contributed by atoms with van der Waals surface area (Å²) in [5.41, 5.74) is -0.841. The smallest absolute Gasteiger partial charge is 0.349 e. The Labute approximate surface area is 209 Å². The van der Waals surface area contributed by atoms with Gasteiger partial charge in [-0.1, -0.05) is 34.4 Å². The first-order valence-electron chi connectivity index (χ1n) is 10.4. The van der Waals surface area contributed by atoms with Crippen molar-refractivity contribution in [3.05, 3.63) is 77.4 Å². The van der Waals surface area contributed by atoms with Gasteiger partial charge in [0.05, 0.1) is 33.0 Å². The minimum Gasteiger partial charge on any atom is -0.616 e. The summed E-state index contributed by atoms with van der Waals surface area (Å²) in [6, 6.07) is 7.38. The van der Waals surface area contributed by atoms with Crippen molar-refractivity contribution in [2.24, 2.45) is 0 Å². The maximum atomic E-state index is 12.7. The van der Waals surface area contributed by atoms with Crippen molar-refractivity contribution < 1.29 is 4.55 Å². The van der Waals surface area contributed by atoms with E-state index in [1.165, 1.54) is 22.9 Å². The zero-order valence-corrected chi connectivity index (χ0v) is 20.1. The summed E-state index contributed by atoms with van der Waals surface area (Å²) in [6.07, 6.45) is 2.80. The number of hydrogen-bond acceptors (Lipinski definition) is 7. The van der Waals surface area contributed by atoms with Crippen LogP contribution in [0.15, 0.2) is 44.8 Å². The molecule has 1 N–H and O–H groups in total. The predicted octanol–water partition coefficient (Wildman–Crippen LogP) is 1.68. The van der Waals surface area contributed by atoms with Crippen LogP contribution < -0.4 is 16.8 Å². The quantitative estimate of drug-likeness (QED) is 0.394. The third-order valence-corrected chi connectivity index (χ3v) is 7.74. The minimum atomic E-state index is -0.902. The number of nitrogens with one attached hydrogen (secondary N) is 1. The van der Waals surface area contributed by atoms with Crippen LogP contribution >= 0.6 is 23.2 Å². The Balaban J connectivity index is 1.63. The molecule has 1 aromatic carbocycles. The van der Waals surface area contributed by atoms with Crippen LogP contribution in [-0.4, -0.2) is 45.2 Å². The highest BCUT2D eigenvalue weighted by Gasteiger charge is 2.26. The zero-order valence-electron chi connectivity index (χ0n) is 17.8. The average Bonchev–Trinajstić information content (AvgIpc) is 3.23. The Kier molecular flexibility index (Phi) is 6.02. The lowest BCUT2D eigenvalue weighted by molar-refractivity contribution is 0.450. The molecule has 14 heteroatoms. The first-order valence-corrected chi connectivity index (χ1v) is 12.6. The lowest BCUT2D eigenvalue weighted by atomic mass is 10.1. The number of aromatic amines is 1. The topological polar surface area (TPSA) is 154 Å². The highest BCUT2D eigenvalue weighted by molar-refractivity contribution is 7.91. The average molecular weight is 532 g/mol. The van der Waals surface area contributed by atoms with Crippen molar-refractivity contribution in [1.82, 2.24) is 29.1 Å². The molecule has 3 aromatic heterocycles. The molecule has 0 unspecified atom stereocenters. The Bertz CT molecular complexity index is 1670. The van der Waals surface area contributed by atoms with E-state index >= 15 is 0 Å². The second-order valence-corrected chi connectivity index (χ2v) is 10.3. The highest BCUT2D eigenvalue weighted by Crippen LogP contribution is 2.34. The number of benzene rings is 1. The first kappa shape index (κ1) is 23.4. The fraction of sp³-hybridized carbons (Fsp3) is 0.238. The van der Waals surface area contributed by atoms with Gasteiger partial charge in [-0.2, -0.15) is 15.0 Å². The van der Waals surface area contributed by atoms with E-state index in [0.717, 1.165) is 4.68 Å². The number of fused-ring (bicyclic) bond motifs is 1. The van der Waals surface area contributed by atoms with Gasteiger partial charge in [0.15, 0.2) is 0 Å². The normalized spacial score (nSPS) is 18.0. The van der Waals surface area contributed by atoms with Crippen molar-refractivity contribution in [3.63, 3.8) is 0 Å². The third-order valence-electron chi connectivity index (χ3n) is 5.78. The van der Waals surface area contributed by atoms with Gasteiger partial charge < -0.3 is 9.12 Å². The lowest BCUT2D eigenvalue weighted by Gasteiger charge is -2.26. The molecule has 0 bridgehead atoms.